The summed E-state index contributed by atoms with van der Waals surface area (Å²) in [6, 6.07) is 0. The minimum Gasteiger partial charge on any atom is -0.396 e. The summed E-state index contributed by atoms with van der Waals surface area (Å²) in [6.45, 7) is 9.21. The third-order valence-corrected chi connectivity index (χ3v) is 3.52. The Labute approximate surface area is 105 Å². The molecule has 0 aromatic carbocycles. The maximum absolute atomic E-state index is 9.53. The summed E-state index contributed by atoms with van der Waals surface area (Å²) in [7, 11) is 0. The number of rotatable bonds is 8. The average molecular weight is 241 g/mol. The number of aliphatic hydroxyl groups excluding tert-OH is 1. The van der Waals surface area contributed by atoms with E-state index in [1.54, 1.807) is 0 Å². The highest BCUT2D eigenvalue weighted by molar-refractivity contribution is 4.87. The lowest BCUT2D eigenvalue weighted by atomic mass is 9.74. The Bertz CT molecular complexity index is 222. The van der Waals surface area contributed by atoms with E-state index < -0.39 is 0 Å². The lowest BCUT2D eigenvalue weighted by molar-refractivity contribution is 0.0775. The molecule has 0 aromatic heterocycles. The molecular formula is C14H27NO2. The van der Waals surface area contributed by atoms with E-state index in [4.69, 9.17) is 4.74 Å². The van der Waals surface area contributed by atoms with Crippen molar-refractivity contribution in [3.63, 3.8) is 0 Å². The van der Waals surface area contributed by atoms with E-state index >= 15 is 0 Å². The fraction of sp³-hybridized carbons (Fsp3) is 0.857. The van der Waals surface area contributed by atoms with Gasteiger partial charge in [-0.3, -0.25) is 0 Å². The van der Waals surface area contributed by atoms with E-state index in [0.717, 1.165) is 31.5 Å². The molecule has 0 aromatic rings. The van der Waals surface area contributed by atoms with Gasteiger partial charge in [-0.15, -0.1) is 0 Å². The molecule has 100 valence electrons. The number of hydrogen-bond acceptors (Lipinski definition) is 3. The Balaban J connectivity index is 2.09. The van der Waals surface area contributed by atoms with Crippen LogP contribution in [0.1, 0.15) is 39.0 Å². The SMILES string of the molecule is C=C(C)COCCNCC1(CO)CCCCC1. The van der Waals surface area contributed by atoms with Gasteiger partial charge in [0.25, 0.3) is 0 Å². The molecule has 2 N–H and O–H groups in total. The van der Waals surface area contributed by atoms with Gasteiger partial charge in [0.15, 0.2) is 0 Å². The van der Waals surface area contributed by atoms with Crippen LogP contribution in [0, 0.1) is 5.41 Å². The highest BCUT2D eigenvalue weighted by Crippen LogP contribution is 2.35. The third kappa shape index (κ3) is 5.66. The van der Waals surface area contributed by atoms with Crippen LogP contribution in [0.15, 0.2) is 12.2 Å². The monoisotopic (exact) mass is 241 g/mol. The van der Waals surface area contributed by atoms with E-state index in [9.17, 15) is 5.11 Å². The third-order valence-electron chi connectivity index (χ3n) is 3.52. The van der Waals surface area contributed by atoms with Gasteiger partial charge in [0.1, 0.15) is 0 Å². The van der Waals surface area contributed by atoms with E-state index in [1.165, 1.54) is 19.3 Å². The molecule has 0 heterocycles. The smallest absolute Gasteiger partial charge is 0.0672 e. The highest BCUT2D eigenvalue weighted by atomic mass is 16.5. The summed E-state index contributed by atoms with van der Waals surface area (Å²) >= 11 is 0. The van der Waals surface area contributed by atoms with Crippen molar-refractivity contribution in [3.8, 4) is 0 Å². The second-order valence-corrected chi connectivity index (χ2v) is 5.41. The van der Waals surface area contributed by atoms with Crippen LogP contribution >= 0.6 is 0 Å². The zero-order valence-corrected chi connectivity index (χ0v) is 11.1. The van der Waals surface area contributed by atoms with E-state index in [1.807, 2.05) is 6.92 Å². The summed E-state index contributed by atoms with van der Waals surface area (Å²) in [5.74, 6) is 0. The first-order valence-corrected chi connectivity index (χ1v) is 6.72. The molecule has 17 heavy (non-hydrogen) atoms. The van der Waals surface area contributed by atoms with Crippen LogP contribution in [-0.2, 0) is 4.74 Å². The largest absolute Gasteiger partial charge is 0.396 e. The topological polar surface area (TPSA) is 41.5 Å². The van der Waals surface area contributed by atoms with Gasteiger partial charge in [-0.2, -0.15) is 0 Å². The van der Waals surface area contributed by atoms with Crippen LogP contribution in [0.5, 0.6) is 0 Å². The summed E-state index contributed by atoms with van der Waals surface area (Å²) < 4.78 is 5.43. The van der Waals surface area contributed by atoms with Gasteiger partial charge in [-0.25, -0.2) is 0 Å². The van der Waals surface area contributed by atoms with Crippen molar-refractivity contribution in [1.29, 1.82) is 0 Å². The molecule has 3 nitrogen and oxygen atoms in total. The average Bonchev–Trinajstić information content (AvgIpc) is 2.34. The van der Waals surface area contributed by atoms with Gasteiger partial charge < -0.3 is 15.2 Å². The van der Waals surface area contributed by atoms with Gasteiger partial charge in [-0.05, 0) is 19.8 Å². The zero-order chi connectivity index (χ0) is 12.6. The quantitative estimate of drug-likeness (QED) is 0.505. The van der Waals surface area contributed by atoms with Gasteiger partial charge in [0.2, 0.25) is 0 Å². The van der Waals surface area contributed by atoms with Gasteiger partial charge in [0, 0.05) is 25.1 Å². The molecule has 0 aliphatic heterocycles. The minimum absolute atomic E-state index is 0.132. The second kappa shape index (κ2) is 7.85. The zero-order valence-electron chi connectivity index (χ0n) is 11.1. The predicted octanol–water partition coefficient (Wildman–Crippen LogP) is 2.11. The second-order valence-electron chi connectivity index (χ2n) is 5.41. The van der Waals surface area contributed by atoms with Crippen molar-refractivity contribution in [3.05, 3.63) is 12.2 Å². The molecule has 3 heteroatoms. The minimum atomic E-state index is 0.132. The van der Waals surface area contributed by atoms with Crippen LogP contribution in [0.2, 0.25) is 0 Å². The first-order chi connectivity index (χ1) is 8.18. The van der Waals surface area contributed by atoms with Crippen LogP contribution in [0.25, 0.3) is 0 Å². The van der Waals surface area contributed by atoms with Crippen molar-refractivity contribution in [1.82, 2.24) is 5.32 Å². The van der Waals surface area contributed by atoms with Crippen molar-refractivity contribution in [2.75, 3.05) is 32.9 Å². The molecule has 0 unspecified atom stereocenters. The molecule has 0 spiro atoms. The van der Waals surface area contributed by atoms with Crippen LogP contribution < -0.4 is 5.32 Å². The molecule has 0 atom stereocenters. The lowest BCUT2D eigenvalue weighted by Gasteiger charge is -2.35. The summed E-state index contributed by atoms with van der Waals surface area (Å²) in [4.78, 5) is 0. The molecule has 0 amide bonds. The molecule has 1 aliphatic carbocycles. The van der Waals surface area contributed by atoms with Crippen molar-refractivity contribution in [2.24, 2.45) is 5.41 Å². The molecule has 1 aliphatic rings. The molecule has 0 bridgehead atoms. The fourth-order valence-electron chi connectivity index (χ4n) is 2.44. The van der Waals surface area contributed by atoms with E-state index in [0.29, 0.717) is 19.8 Å². The fourth-order valence-corrected chi connectivity index (χ4v) is 2.44. The Morgan fingerprint density at radius 3 is 2.65 bits per heavy atom. The Morgan fingerprint density at radius 2 is 2.06 bits per heavy atom. The van der Waals surface area contributed by atoms with Crippen molar-refractivity contribution in [2.45, 2.75) is 39.0 Å². The summed E-state index contributed by atoms with van der Waals surface area (Å²) in [5, 5.41) is 12.9. The highest BCUT2D eigenvalue weighted by Gasteiger charge is 2.30. The molecule has 0 saturated heterocycles. The Hall–Kier alpha value is -0.380. The first kappa shape index (κ1) is 14.7. The molecule has 1 saturated carbocycles. The summed E-state index contributed by atoms with van der Waals surface area (Å²) in [5.41, 5.74) is 1.19. The molecule has 1 rings (SSSR count). The normalized spacial score (nSPS) is 19.2. The standard InChI is InChI=1S/C14H27NO2/c1-13(2)10-17-9-8-15-11-14(12-16)6-4-3-5-7-14/h15-16H,1,3-12H2,2H3. The Morgan fingerprint density at radius 1 is 1.35 bits per heavy atom. The van der Waals surface area contributed by atoms with Gasteiger partial charge in [0.05, 0.1) is 13.2 Å². The van der Waals surface area contributed by atoms with E-state index in [2.05, 4.69) is 11.9 Å². The maximum Gasteiger partial charge on any atom is 0.0672 e. The molecular weight excluding hydrogens is 214 g/mol. The Kier molecular flexibility index (Phi) is 6.78. The van der Waals surface area contributed by atoms with Gasteiger partial charge in [-0.1, -0.05) is 31.4 Å². The number of nitrogens with one attached hydrogen (secondary N) is 1. The van der Waals surface area contributed by atoms with Crippen molar-refractivity contribution < 1.29 is 9.84 Å². The number of ether oxygens (including phenoxy) is 1. The van der Waals surface area contributed by atoms with E-state index in [-0.39, 0.29) is 5.41 Å². The lowest BCUT2D eigenvalue weighted by Crippen LogP contribution is -2.40. The predicted molar refractivity (Wildman–Crippen MR) is 71.1 cm³/mol. The van der Waals surface area contributed by atoms with Crippen LogP contribution in [0.4, 0.5) is 0 Å². The van der Waals surface area contributed by atoms with Crippen LogP contribution in [-0.4, -0.2) is 38.0 Å². The molecule has 1 fully saturated rings. The first-order valence-electron chi connectivity index (χ1n) is 6.72. The van der Waals surface area contributed by atoms with Gasteiger partial charge >= 0.3 is 0 Å². The summed E-state index contributed by atoms with van der Waals surface area (Å²) in [6.07, 6.45) is 6.15. The maximum atomic E-state index is 9.53. The number of aliphatic hydroxyl groups is 1. The van der Waals surface area contributed by atoms with Crippen molar-refractivity contribution >= 4 is 0 Å². The molecule has 0 radical (unpaired) electrons. The van der Waals surface area contributed by atoms with Crippen LogP contribution in [0.3, 0.4) is 0 Å². The number of hydrogen-bond donors (Lipinski definition) is 2.